The molecule has 1 heterocycles. The van der Waals surface area contributed by atoms with Gasteiger partial charge in [-0.3, -0.25) is 0 Å². The molecule has 1 nitrogen and oxygen atoms in total. The summed E-state index contributed by atoms with van der Waals surface area (Å²) in [5, 5.41) is 1.48. The van der Waals surface area contributed by atoms with Crippen molar-refractivity contribution in [3.8, 4) is 0 Å². The minimum atomic E-state index is -0.180. The average molecular weight is 173 g/mol. The van der Waals surface area contributed by atoms with Crippen LogP contribution < -0.4 is 5.73 Å². The Morgan fingerprint density at radius 3 is 2.55 bits per heavy atom. The van der Waals surface area contributed by atoms with E-state index in [0.29, 0.717) is 5.92 Å². The molecule has 2 N–H and O–H groups in total. The number of nitrogens with two attached hydrogens (primary N) is 1. The van der Waals surface area contributed by atoms with Crippen LogP contribution in [-0.4, -0.2) is 0 Å². The van der Waals surface area contributed by atoms with Crippen molar-refractivity contribution >= 4 is 11.3 Å². The van der Waals surface area contributed by atoms with Gasteiger partial charge in [0.2, 0.25) is 0 Å². The third kappa shape index (κ3) is 2.01. The van der Waals surface area contributed by atoms with Crippen molar-refractivity contribution in [1.82, 2.24) is 0 Å². The van der Waals surface area contributed by atoms with Gasteiger partial charge in [-0.25, -0.2) is 4.39 Å². The Morgan fingerprint density at radius 1 is 1.55 bits per heavy atom. The van der Waals surface area contributed by atoms with Crippen LogP contribution in [0.4, 0.5) is 4.39 Å². The van der Waals surface area contributed by atoms with Crippen molar-refractivity contribution in [2.45, 2.75) is 19.9 Å². The molecular weight excluding hydrogens is 161 g/mol. The molecule has 0 fully saturated rings. The minimum Gasteiger partial charge on any atom is -0.323 e. The third-order valence-corrected chi connectivity index (χ3v) is 2.64. The summed E-state index contributed by atoms with van der Waals surface area (Å²) < 4.78 is 12.5. The Kier molecular flexibility index (Phi) is 2.62. The predicted molar refractivity (Wildman–Crippen MR) is 46.0 cm³/mol. The lowest BCUT2D eigenvalue weighted by Gasteiger charge is -2.12. The van der Waals surface area contributed by atoms with Crippen LogP contribution in [0.15, 0.2) is 11.4 Å². The van der Waals surface area contributed by atoms with E-state index in [1.54, 1.807) is 0 Å². The number of thiophene rings is 1. The van der Waals surface area contributed by atoms with Crippen LogP contribution in [0.25, 0.3) is 0 Å². The Balaban J connectivity index is 2.76. The van der Waals surface area contributed by atoms with E-state index in [9.17, 15) is 4.39 Å². The fourth-order valence-electron chi connectivity index (χ4n) is 0.832. The predicted octanol–water partition coefficient (Wildman–Crippen LogP) is 2.54. The summed E-state index contributed by atoms with van der Waals surface area (Å²) in [5.74, 6) is 0.189. The highest BCUT2D eigenvalue weighted by atomic mass is 32.1. The molecule has 1 atom stereocenters. The van der Waals surface area contributed by atoms with E-state index in [-0.39, 0.29) is 11.9 Å². The second kappa shape index (κ2) is 3.32. The summed E-state index contributed by atoms with van der Waals surface area (Å²) in [7, 11) is 0. The standard InChI is InChI=1S/C8H12FNS/c1-5(2)8(10)7-3-6(9)4-11-7/h3-5,8H,10H2,1-2H3/t8-/m0/s1. The summed E-state index contributed by atoms with van der Waals surface area (Å²) in [5.41, 5.74) is 5.79. The number of halogens is 1. The van der Waals surface area contributed by atoms with Gasteiger partial charge in [0.25, 0.3) is 0 Å². The molecule has 11 heavy (non-hydrogen) atoms. The molecule has 0 aromatic carbocycles. The van der Waals surface area contributed by atoms with Gasteiger partial charge < -0.3 is 5.73 Å². The smallest absolute Gasteiger partial charge is 0.134 e. The van der Waals surface area contributed by atoms with Gasteiger partial charge in [0, 0.05) is 16.3 Å². The number of rotatable bonds is 2. The monoisotopic (exact) mass is 173 g/mol. The second-order valence-corrected chi connectivity index (χ2v) is 3.88. The van der Waals surface area contributed by atoms with Crippen molar-refractivity contribution in [1.29, 1.82) is 0 Å². The first-order valence-corrected chi connectivity index (χ1v) is 4.48. The summed E-state index contributed by atoms with van der Waals surface area (Å²) in [6, 6.07) is 1.49. The highest BCUT2D eigenvalue weighted by molar-refractivity contribution is 7.10. The Hall–Kier alpha value is -0.410. The van der Waals surface area contributed by atoms with Gasteiger partial charge >= 0.3 is 0 Å². The maximum Gasteiger partial charge on any atom is 0.134 e. The van der Waals surface area contributed by atoms with Crippen LogP contribution in [0, 0.1) is 11.7 Å². The zero-order valence-electron chi connectivity index (χ0n) is 6.67. The van der Waals surface area contributed by atoms with E-state index in [2.05, 4.69) is 0 Å². The lowest BCUT2D eigenvalue weighted by Crippen LogP contribution is -2.14. The molecule has 0 saturated heterocycles. The molecule has 1 rings (SSSR count). The molecule has 0 amide bonds. The van der Waals surface area contributed by atoms with E-state index in [4.69, 9.17) is 5.73 Å². The fraction of sp³-hybridized carbons (Fsp3) is 0.500. The average Bonchev–Trinajstić information content (AvgIpc) is 2.34. The molecule has 0 radical (unpaired) electrons. The van der Waals surface area contributed by atoms with Crippen LogP contribution in [0.5, 0.6) is 0 Å². The van der Waals surface area contributed by atoms with Crippen LogP contribution >= 0.6 is 11.3 Å². The van der Waals surface area contributed by atoms with Crippen molar-refractivity contribution in [2.24, 2.45) is 11.7 Å². The van der Waals surface area contributed by atoms with Crippen molar-refractivity contribution < 1.29 is 4.39 Å². The van der Waals surface area contributed by atoms with E-state index in [1.807, 2.05) is 13.8 Å². The van der Waals surface area contributed by atoms with E-state index >= 15 is 0 Å². The summed E-state index contributed by atoms with van der Waals surface area (Å²) in [4.78, 5) is 0.928. The van der Waals surface area contributed by atoms with Gasteiger partial charge in [0.1, 0.15) is 5.82 Å². The van der Waals surface area contributed by atoms with Gasteiger partial charge in [-0.1, -0.05) is 13.8 Å². The molecule has 1 aromatic rings. The summed E-state index contributed by atoms with van der Waals surface area (Å²) in [6.07, 6.45) is 0. The van der Waals surface area contributed by atoms with E-state index in [0.717, 1.165) is 4.88 Å². The molecule has 0 aliphatic heterocycles. The fourth-order valence-corrected chi connectivity index (χ4v) is 1.76. The molecule has 0 aliphatic carbocycles. The van der Waals surface area contributed by atoms with Crippen molar-refractivity contribution in [3.05, 3.63) is 22.1 Å². The zero-order chi connectivity index (χ0) is 8.43. The molecule has 0 aliphatic rings. The first-order valence-electron chi connectivity index (χ1n) is 3.60. The van der Waals surface area contributed by atoms with Crippen LogP contribution in [0.3, 0.4) is 0 Å². The highest BCUT2D eigenvalue weighted by Gasteiger charge is 2.12. The zero-order valence-corrected chi connectivity index (χ0v) is 7.49. The Bertz CT molecular complexity index is 232. The first-order chi connectivity index (χ1) is 5.11. The van der Waals surface area contributed by atoms with Crippen LogP contribution in [0.1, 0.15) is 24.8 Å². The molecule has 0 spiro atoms. The van der Waals surface area contributed by atoms with Gasteiger partial charge in [-0.05, 0) is 12.0 Å². The third-order valence-electron chi connectivity index (χ3n) is 1.63. The minimum absolute atomic E-state index is 0.0236. The second-order valence-electron chi connectivity index (χ2n) is 2.94. The molecule has 0 unspecified atom stereocenters. The SMILES string of the molecule is CC(C)[C@H](N)c1cc(F)cs1. The lowest BCUT2D eigenvalue weighted by atomic mass is 10.0. The lowest BCUT2D eigenvalue weighted by molar-refractivity contribution is 0.519. The number of hydrogen-bond donors (Lipinski definition) is 1. The van der Waals surface area contributed by atoms with Crippen molar-refractivity contribution in [3.63, 3.8) is 0 Å². The highest BCUT2D eigenvalue weighted by Crippen LogP contribution is 2.24. The van der Waals surface area contributed by atoms with Crippen molar-refractivity contribution in [2.75, 3.05) is 0 Å². The van der Waals surface area contributed by atoms with Gasteiger partial charge in [0.15, 0.2) is 0 Å². The largest absolute Gasteiger partial charge is 0.323 e. The molecule has 1 aromatic heterocycles. The topological polar surface area (TPSA) is 26.0 Å². The Morgan fingerprint density at radius 2 is 2.18 bits per heavy atom. The van der Waals surface area contributed by atoms with Gasteiger partial charge in [-0.2, -0.15) is 0 Å². The molecular formula is C8H12FNS. The summed E-state index contributed by atoms with van der Waals surface area (Å²) >= 11 is 1.39. The van der Waals surface area contributed by atoms with Crippen LogP contribution in [-0.2, 0) is 0 Å². The molecule has 0 bridgehead atoms. The molecule has 0 saturated carbocycles. The maximum absolute atomic E-state index is 12.5. The summed E-state index contributed by atoms with van der Waals surface area (Å²) in [6.45, 7) is 4.06. The number of hydrogen-bond acceptors (Lipinski definition) is 2. The molecule has 3 heteroatoms. The van der Waals surface area contributed by atoms with Gasteiger partial charge in [-0.15, -0.1) is 11.3 Å². The normalized spacial score (nSPS) is 13.9. The molecule has 62 valence electrons. The van der Waals surface area contributed by atoms with Gasteiger partial charge in [0.05, 0.1) is 0 Å². The Labute approximate surface area is 70.0 Å². The first kappa shape index (κ1) is 8.68. The maximum atomic E-state index is 12.5. The quantitative estimate of drug-likeness (QED) is 0.730. The van der Waals surface area contributed by atoms with Crippen LogP contribution in [0.2, 0.25) is 0 Å². The van der Waals surface area contributed by atoms with E-state index in [1.165, 1.54) is 22.8 Å². The van der Waals surface area contributed by atoms with E-state index < -0.39 is 0 Å².